The normalized spacial score (nSPS) is 25.8. The number of rotatable bonds is 4. The fourth-order valence-electron chi connectivity index (χ4n) is 3.18. The maximum Gasteiger partial charge on any atom is 0.159 e. The zero-order valence-corrected chi connectivity index (χ0v) is 13.4. The highest BCUT2D eigenvalue weighted by Crippen LogP contribution is 2.40. The van der Waals surface area contributed by atoms with Gasteiger partial charge in [0.15, 0.2) is 6.29 Å². The Morgan fingerprint density at radius 2 is 2.00 bits per heavy atom. The van der Waals surface area contributed by atoms with E-state index in [4.69, 9.17) is 32.7 Å². The lowest BCUT2D eigenvalue weighted by atomic mass is 10.1. The van der Waals surface area contributed by atoms with Crippen molar-refractivity contribution in [1.82, 2.24) is 4.90 Å². The summed E-state index contributed by atoms with van der Waals surface area (Å²) in [5.74, 6) is 0. The fraction of sp³-hybridized carbons (Fsp3) is 0.600. The average molecular weight is 332 g/mol. The van der Waals surface area contributed by atoms with E-state index in [1.807, 2.05) is 13.1 Å². The van der Waals surface area contributed by atoms with E-state index in [-0.39, 0.29) is 12.3 Å². The minimum atomic E-state index is -0.466. The van der Waals surface area contributed by atoms with Crippen LogP contribution >= 0.6 is 23.2 Å². The van der Waals surface area contributed by atoms with Crippen LogP contribution < -0.4 is 0 Å². The van der Waals surface area contributed by atoms with Crippen molar-refractivity contribution < 1.29 is 14.6 Å². The van der Waals surface area contributed by atoms with Crippen LogP contribution in [0.1, 0.15) is 23.6 Å². The van der Waals surface area contributed by atoms with Crippen molar-refractivity contribution >= 4 is 23.2 Å². The molecule has 1 aliphatic carbocycles. The van der Waals surface area contributed by atoms with Crippen LogP contribution in [-0.2, 0) is 15.9 Å². The molecule has 1 aromatic rings. The third kappa shape index (κ3) is 3.21. The molecular formula is C15H19Cl2NO3. The van der Waals surface area contributed by atoms with Crippen molar-refractivity contribution in [2.75, 3.05) is 26.8 Å². The Balaban J connectivity index is 1.73. The van der Waals surface area contributed by atoms with Crippen molar-refractivity contribution in [3.63, 3.8) is 0 Å². The van der Waals surface area contributed by atoms with Crippen molar-refractivity contribution in [3.8, 4) is 0 Å². The van der Waals surface area contributed by atoms with E-state index < -0.39 is 6.10 Å². The molecule has 1 aliphatic heterocycles. The zero-order chi connectivity index (χ0) is 15.0. The topological polar surface area (TPSA) is 41.9 Å². The molecule has 3 rings (SSSR count). The van der Waals surface area contributed by atoms with Gasteiger partial charge in [-0.25, -0.2) is 0 Å². The minimum absolute atomic E-state index is 0.0856. The summed E-state index contributed by atoms with van der Waals surface area (Å²) in [6, 6.07) is 3.55. The molecule has 4 nitrogen and oxygen atoms in total. The first-order valence-electron chi connectivity index (χ1n) is 7.15. The van der Waals surface area contributed by atoms with Gasteiger partial charge in [-0.3, -0.25) is 4.90 Å². The molecule has 0 saturated carbocycles. The maximum atomic E-state index is 10.4. The lowest BCUT2D eigenvalue weighted by Crippen LogP contribution is -2.33. The first-order chi connectivity index (χ1) is 10.1. The summed E-state index contributed by atoms with van der Waals surface area (Å²) < 4.78 is 10.9. The second kappa shape index (κ2) is 6.41. The zero-order valence-electron chi connectivity index (χ0n) is 11.9. The number of likely N-dealkylation sites (N-methyl/N-ethyl adjacent to an activating group) is 1. The van der Waals surface area contributed by atoms with Gasteiger partial charge in [-0.1, -0.05) is 23.2 Å². The van der Waals surface area contributed by atoms with E-state index in [1.54, 1.807) is 6.07 Å². The molecule has 6 heteroatoms. The van der Waals surface area contributed by atoms with E-state index in [2.05, 4.69) is 4.90 Å². The van der Waals surface area contributed by atoms with Crippen LogP contribution in [0.25, 0.3) is 0 Å². The summed E-state index contributed by atoms with van der Waals surface area (Å²) in [7, 11) is 1.99. The van der Waals surface area contributed by atoms with Crippen LogP contribution in [0.4, 0.5) is 0 Å². The van der Waals surface area contributed by atoms with Gasteiger partial charge in [0.2, 0.25) is 0 Å². The third-order valence-electron chi connectivity index (χ3n) is 4.17. The number of hydrogen-bond donors (Lipinski definition) is 1. The standard InChI is InChI=1S/C15H19Cl2NO3/c1-18(3-2-14-20-4-5-21-14)15-11-6-9(16)7-12(17)10(11)8-13(15)19/h6-7,13-15,19H,2-5,8H2,1H3. The number of aliphatic hydroxyl groups excluding tert-OH is 1. The number of nitrogens with zero attached hydrogens (tertiary/aromatic N) is 1. The molecule has 2 aliphatic rings. The Morgan fingerprint density at radius 1 is 1.29 bits per heavy atom. The van der Waals surface area contributed by atoms with Gasteiger partial charge in [0.05, 0.1) is 25.4 Å². The number of hydrogen-bond acceptors (Lipinski definition) is 4. The van der Waals surface area contributed by atoms with Gasteiger partial charge in [-0.05, 0) is 30.3 Å². The van der Waals surface area contributed by atoms with E-state index in [0.717, 1.165) is 24.1 Å². The molecule has 0 aromatic heterocycles. The number of ether oxygens (including phenoxy) is 2. The van der Waals surface area contributed by atoms with Gasteiger partial charge < -0.3 is 14.6 Å². The molecule has 0 amide bonds. The average Bonchev–Trinajstić information content (AvgIpc) is 3.03. The van der Waals surface area contributed by atoms with Crippen LogP contribution in [0.3, 0.4) is 0 Å². The molecule has 21 heavy (non-hydrogen) atoms. The largest absolute Gasteiger partial charge is 0.391 e. The van der Waals surface area contributed by atoms with Gasteiger partial charge in [0, 0.05) is 29.4 Å². The Bertz CT molecular complexity index is 520. The number of benzene rings is 1. The van der Waals surface area contributed by atoms with Crippen LogP contribution in [-0.4, -0.2) is 49.2 Å². The summed E-state index contributed by atoms with van der Waals surface area (Å²) >= 11 is 12.3. The van der Waals surface area contributed by atoms with E-state index in [9.17, 15) is 5.11 Å². The number of fused-ring (bicyclic) bond motifs is 1. The van der Waals surface area contributed by atoms with Crippen LogP contribution in [0.2, 0.25) is 10.0 Å². The molecule has 0 bridgehead atoms. The van der Waals surface area contributed by atoms with Crippen molar-refractivity contribution in [3.05, 3.63) is 33.3 Å². The van der Waals surface area contributed by atoms with Gasteiger partial charge >= 0.3 is 0 Å². The molecule has 116 valence electrons. The first kappa shape index (κ1) is 15.5. The SMILES string of the molecule is CN(CCC1OCCO1)C1c2cc(Cl)cc(Cl)c2CC1O. The molecule has 1 aromatic carbocycles. The quantitative estimate of drug-likeness (QED) is 0.920. The smallest absolute Gasteiger partial charge is 0.159 e. The maximum absolute atomic E-state index is 10.4. The summed E-state index contributed by atoms with van der Waals surface area (Å²) in [4.78, 5) is 2.12. The Hall–Kier alpha value is -0.360. The van der Waals surface area contributed by atoms with E-state index in [0.29, 0.717) is 29.7 Å². The van der Waals surface area contributed by atoms with E-state index >= 15 is 0 Å². The predicted molar refractivity (Wildman–Crippen MR) is 81.9 cm³/mol. The molecule has 1 heterocycles. The highest BCUT2D eigenvalue weighted by molar-refractivity contribution is 6.35. The lowest BCUT2D eigenvalue weighted by Gasteiger charge is -2.28. The van der Waals surface area contributed by atoms with Crippen molar-refractivity contribution in [1.29, 1.82) is 0 Å². The molecule has 1 N–H and O–H groups in total. The second-order valence-electron chi connectivity index (χ2n) is 5.61. The number of halogens is 2. The van der Waals surface area contributed by atoms with Crippen LogP contribution in [0.15, 0.2) is 12.1 Å². The molecule has 1 saturated heterocycles. The Kier molecular flexibility index (Phi) is 4.74. The summed E-state index contributed by atoms with van der Waals surface area (Å²) in [6.45, 7) is 2.10. The highest BCUT2D eigenvalue weighted by atomic mass is 35.5. The van der Waals surface area contributed by atoms with Gasteiger partial charge in [0.25, 0.3) is 0 Å². The van der Waals surface area contributed by atoms with Gasteiger partial charge in [0.1, 0.15) is 0 Å². The minimum Gasteiger partial charge on any atom is -0.391 e. The summed E-state index contributed by atoms with van der Waals surface area (Å²) in [5.41, 5.74) is 2.02. The highest BCUT2D eigenvalue weighted by Gasteiger charge is 2.35. The van der Waals surface area contributed by atoms with Gasteiger partial charge in [-0.15, -0.1) is 0 Å². The monoisotopic (exact) mass is 331 g/mol. The second-order valence-corrected chi connectivity index (χ2v) is 6.46. The molecule has 0 spiro atoms. The van der Waals surface area contributed by atoms with Gasteiger partial charge in [-0.2, -0.15) is 0 Å². The Labute approximate surface area is 134 Å². The Morgan fingerprint density at radius 3 is 2.71 bits per heavy atom. The summed E-state index contributed by atoms with van der Waals surface area (Å²) in [6.07, 6.45) is 0.750. The van der Waals surface area contributed by atoms with Crippen LogP contribution in [0, 0.1) is 0 Å². The molecule has 1 fully saturated rings. The number of aliphatic hydroxyl groups is 1. The van der Waals surface area contributed by atoms with Crippen molar-refractivity contribution in [2.24, 2.45) is 0 Å². The third-order valence-corrected chi connectivity index (χ3v) is 4.73. The van der Waals surface area contributed by atoms with Crippen molar-refractivity contribution in [2.45, 2.75) is 31.3 Å². The summed E-state index contributed by atoms with van der Waals surface area (Å²) in [5, 5.41) is 11.6. The molecule has 2 atom stereocenters. The predicted octanol–water partition coefficient (Wildman–Crippen LogP) is 2.65. The lowest BCUT2D eigenvalue weighted by molar-refractivity contribution is -0.0547. The van der Waals surface area contributed by atoms with Crippen LogP contribution in [0.5, 0.6) is 0 Å². The molecular weight excluding hydrogens is 313 g/mol. The molecule has 2 unspecified atom stereocenters. The molecule has 0 radical (unpaired) electrons. The fourth-order valence-corrected chi connectivity index (χ4v) is 3.77. The first-order valence-corrected chi connectivity index (χ1v) is 7.91. The van der Waals surface area contributed by atoms with E-state index in [1.165, 1.54) is 0 Å².